The van der Waals surface area contributed by atoms with E-state index in [-0.39, 0.29) is 11.5 Å². The highest BCUT2D eigenvalue weighted by atomic mass is 16.4. The second-order valence-electron chi connectivity index (χ2n) is 5.08. The fraction of sp³-hybridized carbons (Fsp3) is 0.467. The minimum absolute atomic E-state index is 0.0348. The highest BCUT2D eigenvalue weighted by Gasteiger charge is 2.19. The van der Waals surface area contributed by atoms with Crippen molar-refractivity contribution in [1.82, 2.24) is 10.6 Å². The average molecular weight is 276 g/mol. The summed E-state index contributed by atoms with van der Waals surface area (Å²) < 4.78 is 0. The summed E-state index contributed by atoms with van der Waals surface area (Å²) in [5, 5.41) is 15.0. The number of carboxylic acid groups (broad SMARTS) is 1. The highest BCUT2D eigenvalue weighted by molar-refractivity contribution is 5.87. The Hall–Kier alpha value is -1.88. The van der Waals surface area contributed by atoms with Crippen molar-refractivity contribution >= 4 is 11.9 Å². The summed E-state index contributed by atoms with van der Waals surface area (Å²) in [4.78, 5) is 22.4. The van der Waals surface area contributed by atoms with E-state index in [1.807, 2.05) is 6.07 Å². The molecule has 1 aromatic rings. The second-order valence-corrected chi connectivity index (χ2v) is 5.08. The molecule has 5 nitrogen and oxygen atoms in total. The van der Waals surface area contributed by atoms with E-state index < -0.39 is 5.97 Å². The molecule has 0 heterocycles. The van der Waals surface area contributed by atoms with Crippen molar-refractivity contribution in [2.45, 2.75) is 31.7 Å². The van der Waals surface area contributed by atoms with Gasteiger partial charge in [-0.15, -0.1) is 0 Å². The lowest BCUT2D eigenvalue weighted by Crippen LogP contribution is -2.29. The van der Waals surface area contributed by atoms with Crippen molar-refractivity contribution in [3.8, 4) is 0 Å². The summed E-state index contributed by atoms with van der Waals surface area (Å²) in [6.45, 7) is 1.26. The van der Waals surface area contributed by atoms with Crippen LogP contribution in [0.4, 0.5) is 0 Å². The van der Waals surface area contributed by atoms with Gasteiger partial charge in [-0.25, -0.2) is 4.79 Å². The fourth-order valence-electron chi connectivity index (χ4n) is 1.97. The smallest absolute Gasteiger partial charge is 0.335 e. The van der Waals surface area contributed by atoms with Gasteiger partial charge in [0.2, 0.25) is 5.91 Å². The van der Waals surface area contributed by atoms with Gasteiger partial charge < -0.3 is 15.7 Å². The Balaban J connectivity index is 1.65. The molecule has 1 fully saturated rings. The quantitative estimate of drug-likeness (QED) is 0.666. The monoisotopic (exact) mass is 276 g/mol. The summed E-state index contributed by atoms with van der Waals surface area (Å²) >= 11 is 0. The first kappa shape index (κ1) is 14.5. The lowest BCUT2D eigenvalue weighted by Gasteiger charge is -2.06. The number of rotatable bonds is 8. The molecule has 108 valence electrons. The summed E-state index contributed by atoms with van der Waals surface area (Å²) in [5.74, 6) is -0.894. The molecule has 2 rings (SSSR count). The summed E-state index contributed by atoms with van der Waals surface area (Å²) in [5.41, 5.74) is 1.20. The maximum Gasteiger partial charge on any atom is 0.335 e. The first-order valence-electron chi connectivity index (χ1n) is 6.97. The number of carbonyl (C=O) groups excluding carboxylic acids is 1. The third-order valence-corrected chi connectivity index (χ3v) is 3.27. The number of hydrogen-bond donors (Lipinski definition) is 3. The zero-order valence-corrected chi connectivity index (χ0v) is 11.4. The van der Waals surface area contributed by atoms with Gasteiger partial charge in [0.05, 0.1) is 5.56 Å². The SMILES string of the molecule is O=C(CCNC1CC1)NCCc1cccc(C(=O)O)c1. The molecule has 1 aliphatic rings. The number of nitrogens with one attached hydrogen (secondary N) is 2. The average Bonchev–Trinajstić information content (AvgIpc) is 3.23. The molecule has 1 aromatic carbocycles. The summed E-state index contributed by atoms with van der Waals surface area (Å²) in [7, 11) is 0. The molecule has 20 heavy (non-hydrogen) atoms. The van der Waals surface area contributed by atoms with E-state index in [2.05, 4.69) is 10.6 Å². The maximum atomic E-state index is 11.6. The Morgan fingerprint density at radius 1 is 1.25 bits per heavy atom. The van der Waals surface area contributed by atoms with Gasteiger partial charge in [-0.1, -0.05) is 12.1 Å². The molecule has 1 saturated carbocycles. The Labute approximate surface area is 118 Å². The van der Waals surface area contributed by atoms with Crippen LogP contribution in [0.1, 0.15) is 35.2 Å². The lowest BCUT2D eigenvalue weighted by molar-refractivity contribution is -0.120. The Morgan fingerprint density at radius 3 is 2.75 bits per heavy atom. The zero-order chi connectivity index (χ0) is 14.4. The number of amides is 1. The Kier molecular flexibility index (Phi) is 5.12. The van der Waals surface area contributed by atoms with Crippen molar-refractivity contribution in [1.29, 1.82) is 0 Å². The van der Waals surface area contributed by atoms with Gasteiger partial charge in [0.25, 0.3) is 0 Å². The minimum Gasteiger partial charge on any atom is -0.478 e. The van der Waals surface area contributed by atoms with Crippen LogP contribution in [0.3, 0.4) is 0 Å². The molecule has 0 radical (unpaired) electrons. The predicted molar refractivity (Wildman–Crippen MR) is 75.8 cm³/mol. The summed E-state index contributed by atoms with van der Waals surface area (Å²) in [6.07, 6.45) is 3.58. The Bertz CT molecular complexity index is 484. The topological polar surface area (TPSA) is 78.4 Å². The first-order chi connectivity index (χ1) is 9.65. The molecular formula is C15H20N2O3. The van der Waals surface area contributed by atoms with Gasteiger partial charge in [-0.3, -0.25) is 4.79 Å². The van der Waals surface area contributed by atoms with Crippen LogP contribution in [0.15, 0.2) is 24.3 Å². The fourth-order valence-corrected chi connectivity index (χ4v) is 1.97. The maximum absolute atomic E-state index is 11.6. The van der Waals surface area contributed by atoms with Crippen LogP contribution in [-0.4, -0.2) is 36.1 Å². The van der Waals surface area contributed by atoms with Crippen molar-refractivity contribution in [2.75, 3.05) is 13.1 Å². The van der Waals surface area contributed by atoms with Crippen LogP contribution in [0, 0.1) is 0 Å². The molecule has 0 saturated heterocycles. The third kappa shape index (κ3) is 5.01. The second kappa shape index (κ2) is 7.05. The van der Waals surface area contributed by atoms with Gasteiger partial charge >= 0.3 is 5.97 Å². The van der Waals surface area contributed by atoms with E-state index in [1.165, 1.54) is 12.8 Å². The van der Waals surface area contributed by atoms with E-state index in [4.69, 9.17) is 5.11 Å². The van der Waals surface area contributed by atoms with Gasteiger partial charge in [0.15, 0.2) is 0 Å². The number of aromatic carboxylic acids is 1. The van der Waals surface area contributed by atoms with Crippen molar-refractivity contribution in [3.05, 3.63) is 35.4 Å². The standard InChI is InChI=1S/C15H20N2O3/c18-14(7-9-16-13-4-5-13)17-8-6-11-2-1-3-12(10-11)15(19)20/h1-3,10,13,16H,4-9H2,(H,17,18)(H,19,20). The van der Waals surface area contributed by atoms with Gasteiger partial charge in [0, 0.05) is 25.6 Å². The molecular weight excluding hydrogens is 256 g/mol. The highest BCUT2D eigenvalue weighted by Crippen LogP contribution is 2.18. The number of carbonyl (C=O) groups is 2. The zero-order valence-electron chi connectivity index (χ0n) is 11.4. The molecule has 0 spiro atoms. The third-order valence-electron chi connectivity index (χ3n) is 3.27. The van der Waals surface area contributed by atoms with Gasteiger partial charge in [0.1, 0.15) is 0 Å². The predicted octanol–water partition coefficient (Wildman–Crippen LogP) is 1.19. The molecule has 1 aliphatic carbocycles. The van der Waals surface area contributed by atoms with Crippen LogP contribution in [0.2, 0.25) is 0 Å². The molecule has 0 bridgehead atoms. The van der Waals surface area contributed by atoms with E-state index in [9.17, 15) is 9.59 Å². The molecule has 0 atom stereocenters. The summed E-state index contributed by atoms with van der Waals surface area (Å²) in [6, 6.07) is 7.42. The molecule has 5 heteroatoms. The van der Waals surface area contributed by atoms with Crippen LogP contribution in [0.25, 0.3) is 0 Å². The van der Waals surface area contributed by atoms with E-state index in [1.54, 1.807) is 18.2 Å². The van der Waals surface area contributed by atoms with Crippen LogP contribution in [0.5, 0.6) is 0 Å². The largest absolute Gasteiger partial charge is 0.478 e. The molecule has 3 N–H and O–H groups in total. The molecule has 0 unspecified atom stereocenters. The van der Waals surface area contributed by atoms with E-state index >= 15 is 0 Å². The van der Waals surface area contributed by atoms with Gasteiger partial charge in [-0.2, -0.15) is 0 Å². The minimum atomic E-state index is -0.929. The van der Waals surface area contributed by atoms with E-state index in [0.29, 0.717) is 25.4 Å². The normalized spacial score (nSPS) is 14.0. The van der Waals surface area contributed by atoms with Crippen LogP contribution >= 0.6 is 0 Å². The van der Waals surface area contributed by atoms with Crippen LogP contribution in [-0.2, 0) is 11.2 Å². The number of carboxylic acids is 1. The number of hydrogen-bond acceptors (Lipinski definition) is 3. The Morgan fingerprint density at radius 2 is 2.05 bits per heavy atom. The number of benzene rings is 1. The van der Waals surface area contributed by atoms with Crippen molar-refractivity contribution < 1.29 is 14.7 Å². The first-order valence-corrected chi connectivity index (χ1v) is 6.97. The van der Waals surface area contributed by atoms with Crippen molar-refractivity contribution in [2.24, 2.45) is 0 Å². The molecule has 1 amide bonds. The van der Waals surface area contributed by atoms with E-state index in [0.717, 1.165) is 12.1 Å². The lowest BCUT2D eigenvalue weighted by atomic mass is 10.1. The molecule has 0 aliphatic heterocycles. The van der Waals surface area contributed by atoms with Crippen LogP contribution < -0.4 is 10.6 Å². The molecule has 0 aromatic heterocycles. The van der Waals surface area contributed by atoms with Gasteiger partial charge in [-0.05, 0) is 37.0 Å². The van der Waals surface area contributed by atoms with Crippen molar-refractivity contribution in [3.63, 3.8) is 0 Å².